The predicted octanol–water partition coefficient (Wildman–Crippen LogP) is 2.07. The van der Waals surface area contributed by atoms with E-state index in [0.29, 0.717) is 43.3 Å². The van der Waals surface area contributed by atoms with E-state index >= 15 is 0 Å². The van der Waals surface area contributed by atoms with Gasteiger partial charge in [0.05, 0.1) is 6.54 Å². The van der Waals surface area contributed by atoms with E-state index in [1.54, 1.807) is 4.57 Å². The van der Waals surface area contributed by atoms with Gasteiger partial charge in [-0.2, -0.15) is 5.10 Å². The summed E-state index contributed by atoms with van der Waals surface area (Å²) in [5, 5.41) is 7.14. The molecule has 2 aliphatic rings. The highest BCUT2D eigenvalue weighted by molar-refractivity contribution is 7.71. The Bertz CT molecular complexity index is 969. The van der Waals surface area contributed by atoms with Crippen LogP contribution < -0.4 is 0 Å². The van der Waals surface area contributed by atoms with Gasteiger partial charge >= 0.3 is 0 Å². The van der Waals surface area contributed by atoms with Crippen molar-refractivity contribution < 1.29 is 9.59 Å². The lowest BCUT2D eigenvalue weighted by atomic mass is 10.1. The van der Waals surface area contributed by atoms with Crippen molar-refractivity contribution in [1.82, 2.24) is 29.5 Å². The lowest BCUT2D eigenvalue weighted by Crippen LogP contribution is -2.52. The molecule has 1 aromatic heterocycles. The van der Waals surface area contributed by atoms with Crippen molar-refractivity contribution in [2.45, 2.75) is 32.7 Å². The molecule has 0 bridgehead atoms. The standard InChI is InChI=1S/C22H30N6O2S/c1-17-5-7-18(8-6-17)21-23-24-22(31)28(21)16-20(30)27-13-11-25(12-14-27)15-19(29)26-9-3-2-4-10-26/h5-8H,2-4,9-16H2,1H3,(H,24,31). The number of nitrogens with zero attached hydrogens (tertiary/aromatic N) is 5. The largest absolute Gasteiger partial charge is 0.342 e. The second-order valence-electron chi connectivity index (χ2n) is 8.40. The van der Waals surface area contributed by atoms with Crippen LogP contribution in [0.1, 0.15) is 24.8 Å². The van der Waals surface area contributed by atoms with Gasteiger partial charge in [-0.25, -0.2) is 0 Å². The minimum atomic E-state index is 0.0212. The predicted molar refractivity (Wildman–Crippen MR) is 121 cm³/mol. The molecule has 0 spiro atoms. The van der Waals surface area contributed by atoms with Crippen molar-refractivity contribution in [3.05, 3.63) is 34.6 Å². The zero-order chi connectivity index (χ0) is 21.8. The van der Waals surface area contributed by atoms with E-state index in [4.69, 9.17) is 12.2 Å². The SMILES string of the molecule is Cc1ccc(-c2n[nH]c(=S)n2CC(=O)N2CCN(CC(=O)N3CCCCC3)CC2)cc1. The van der Waals surface area contributed by atoms with Gasteiger partial charge in [-0.15, -0.1) is 0 Å². The normalized spacial score (nSPS) is 17.7. The smallest absolute Gasteiger partial charge is 0.242 e. The van der Waals surface area contributed by atoms with Crippen molar-refractivity contribution in [3.8, 4) is 11.4 Å². The topological polar surface area (TPSA) is 77.5 Å². The summed E-state index contributed by atoms with van der Waals surface area (Å²) in [5.74, 6) is 0.906. The minimum Gasteiger partial charge on any atom is -0.342 e. The molecular formula is C22H30N6O2S. The van der Waals surface area contributed by atoms with E-state index in [1.807, 2.05) is 41.0 Å². The summed E-state index contributed by atoms with van der Waals surface area (Å²) in [6.07, 6.45) is 3.43. The fourth-order valence-corrected chi connectivity index (χ4v) is 4.41. The van der Waals surface area contributed by atoms with Gasteiger partial charge in [0.25, 0.3) is 0 Å². The Kier molecular flexibility index (Phi) is 6.82. The molecule has 0 aliphatic carbocycles. The lowest BCUT2D eigenvalue weighted by Gasteiger charge is -2.36. The van der Waals surface area contributed by atoms with Crippen LogP contribution in [0, 0.1) is 11.7 Å². The van der Waals surface area contributed by atoms with Crippen molar-refractivity contribution in [1.29, 1.82) is 0 Å². The zero-order valence-corrected chi connectivity index (χ0v) is 18.9. The Balaban J connectivity index is 1.32. The first-order valence-corrected chi connectivity index (χ1v) is 11.4. The second-order valence-corrected chi connectivity index (χ2v) is 8.79. The third-order valence-corrected chi connectivity index (χ3v) is 6.47. The van der Waals surface area contributed by atoms with E-state index in [9.17, 15) is 9.59 Å². The number of carbonyl (C=O) groups is 2. The first kappa shape index (κ1) is 21.7. The third-order valence-electron chi connectivity index (χ3n) is 6.15. The van der Waals surface area contributed by atoms with Crippen LogP contribution in [0.15, 0.2) is 24.3 Å². The molecule has 8 nitrogen and oxygen atoms in total. The number of H-pyrrole nitrogens is 1. The number of aryl methyl sites for hydroxylation is 1. The fourth-order valence-electron chi connectivity index (χ4n) is 4.21. The second kappa shape index (κ2) is 9.74. The minimum absolute atomic E-state index is 0.0212. The highest BCUT2D eigenvalue weighted by atomic mass is 32.1. The maximum Gasteiger partial charge on any atom is 0.242 e. The van der Waals surface area contributed by atoms with Gasteiger partial charge in [-0.05, 0) is 38.4 Å². The van der Waals surface area contributed by atoms with Gasteiger partial charge in [-0.1, -0.05) is 29.8 Å². The number of hydrogen-bond acceptors (Lipinski definition) is 5. The number of carbonyl (C=O) groups excluding carboxylic acids is 2. The number of hydrogen-bond donors (Lipinski definition) is 1. The average molecular weight is 443 g/mol. The fraction of sp³-hybridized carbons (Fsp3) is 0.545. The van der Waals surface area contributed by atoms with E-state index in [2.05, 4.69) is 15.1 Å². The maximum absolute atomic E-state index is 13.0. The van der Waals surface area contributed by atoms with Crippen molar-refractivity contribution in [2.24, 2.45) is 0 Å². The number of benzene rings is 1. The Morgan fingerprint density at radius 2 is 1.52 bits per heavy atom. The van der Waals surface area contributed by atoms with Crippen molar-refractivity contribution >= 4 is 24.0 Å². The number of aromatic amines is 1. The number of amides is 2. The number of piperidine rings is 1. The summed E-state index contributed by atoms with van der Waals surface area (Å²) < 4.78 is 2.20. The van der Waals surface area contributed by atoms with Crippen LogP contribution in [-0.2, 0) is 16.1 Å². The first-order valence-electron chi connectivity index (χ1n) is 11.0. The van der Waals surface area contributed by atoms with Crippen LogP contribution in [-0.4, -0.2) is 87.1 Å². The number of nitrogens with one attached hydrogen (secondary N) is 1. The maximum atomic E-state index is 13.0. The van der Waals surface area contributed by atoms with Crippen molar-refractivity contribution in [2.75, 3.05) is 45.8 Å². The summed E-state index contributed by atoms with van der Waals surface area (Å²) >= 11 is 5.37. The molecule has 9 heteroatoms. The molecule has 2 fully saturated rings. The van der Waals surface area contributed by atoms with Crippen LogP contribution in [0.5, 0.6) is 0 Å². The number of likely N-dealkylation sites (tertiary alicyclic amines) is 1. The van der Waals surface area contributed by atoms with Crippen LogP contribution in [0.4, 0.5) is 0 Å². The van der Waals surface area contributed by atoms with Crippen LogP contribution in [0.2, 0.25) is 0 Å². The number of rotatable bonds is 5. The molecule has 1 aromatic carbocycles. The number of aromatic nitrogens is 3. The molecule has 0 unspecified atom stereocenters. The summed E-state index contributed by atoms with van der Waals surface area (Å²) in [5.41, 5.74) is 2.09. The van der Waals surface area contributed by atoms with E-state index in [-0.39, 0.29) is 18.4 Å². The molecule has 2 amide bonds. The van der Waals surface area contributed by atoms with Gasteiger partial charge in [0.2, 0.25) is 11.8 Å². The van der Waals surface area contributed by atoms with Crippen LogP contribution >= 0.6 is 12.2 Å². The van der Waals surface area contributed by atoms with Gasteiger partial charge in [0.1, 0.15) is 6.54 Å². The first-order chi connectivity index (χ1) is 15.0. The summed E-state index contributed by atoms with van der Waals surface area (Å²) in [7, 11) is 0. The molecule has 31 heavy (non-hydrogen) atoms. The highest BCUT2D eigenvalue weighted by Gasteiger charge is 2.25. The lowest BCUT2D eigenvalue weighted by molar-refractivity contribution is -0.136. The molecule has 2 saturated heterocycles. The van der Waals surface area contributed by atoms with Gasteiger partial charge in [-0.3, -0.25) is 24.2 Å². The van der Waals surface area contributed by atoms with Gasteiger partial charge < -0.3 is 9.80 Å². The highest BCUT2D eigenvalue weighted by Crippen LogP contribution is 2.18. The van der Waals surface area contributed by atoms with Crippen LogP contribution in [0.25, 0.3) is 11.4 Å². The Morgan fingerprint density at radius 3 is 2.19 bits per heavy atom. The molecular weight excluding hydrogens is 412 g/mol. The summed E-state index contributed by atoms with van der Waals surface area (Å²) in [6, 6.07) is 8.01. The van der Waals surface area contributed by atoms with E-state index in [0.717, 1.165) is 37.1 Å². The van der Waals surface area contributed by atoms with E-state index < -0.39 is 0 Å². The number of piperazine rings is 1. The van der Waals surface area contributed by atoms with E-state index in [1.165, 1.54) is 6.42 Å². The van der Waals surface area contributed by atoms with Crippen molar-refractivity contribution in [3.63, 3.8) is 0 Å². The van der Waals surface area contributed by atoms with Gasteiger partial charge in [0.15, 0.2) is 10.6 Å². The summed E-state index contributed by atoms with van der Waals surface area (Å²) in [6.45, 7) is 7.08. The zero-order valence-electron chi connectivity index (χ0n) is 18.0. The molecule has 2 aromatic rings. The molecule has 0 radical (unpaired) electrons. The quantitative estimate of drug-likeness (QED) is 0.718. The average Bonchev–Trinajstić information content (AvgIpc) is 3.15. The summed E-state index contributed by atoms with van der Waals surface area (Å²) in [4.78, 5) is 31.4. The molecule has 166 valence electrons. The van der Waals surface area contributed by atoms with Crippen LogP contribution in [0.3, 0.4) is 0 Å². The molecule has 4 rings (SSSR count). The molecule has 1 N–H and O–H groups in total. The molecule has 0 saturated carbocycles. The Labute approximate surface area is 187 Å². The molecule has 2 aliphatic heterocycles. The Hall–Kier alpha value is -2.52. The monoisotopic (exact) mass is 442 g/mol. The van der Waals surface area contributed by atoms with Gasteiger partial charge in [0, 0.05) is 44.8 Å². The molecule has 3 heterocycles. The Morgan fingerprint density at radius 1 is 0.903 bits per heavy atom. The third kappa shape index (κ3) is 5.22. The molecule has 0 atom stereocenters.